The maximum atomic E-state index is 13.0. The van der Waals surface area contributed by atoms with E-state index >= 15 is 0 Å². The molecule has 4 rings (SSSR count). The Kier molecular flexibility index (Phi) is 4.49. The zero-order chi connectivity index (χ0) is 18.1. The molecule has 1 saturated carbocycles. The third-order valence-corrected chi connectivity index (χ3v) is 6.70. The van der Waals surface area contributed by atoms with Gasteiger partial charge >= 0.3 is 0 Å². The van der Waals surface area contributed by atoms with Crippen molar-refractivity contribution in [2.24, 2.45) is 0 Å². The number of sulfonamides is 1. The molecule has 0 bridgehead atoms. The Morgan fingerprint density at radius 3 is 2.54 bits per heavy atom. The minimum absolute atomic E-state index is 0.170. The summed E-state index contributed by atoms with van der Waals surface area (Å²) in [6.45, 7) is 1.78. The van der Waals surface area contributed by atoms with E-state index in [2.05, 4.69) is 20.0 Å². The van der Waals surface area contributed by atoms with Crippen molar-refractivity contribution >= 4 is 26.5 Å². The van der Waals surface area contributed by atoms with Gasteiger partial charge in [-0.3, -0.25) is 9.40 Å². The minimum Gasteiger partial charge on any atom is -0.268 e. The fraction of sp³-hybridized carbons (Fsp3) is 0.353. The number of nitrogens with one attached hydrogen (secondary N) is 1. The molecule has 1 N–H and O–H groups in total. The maximum absolute atomic E-state index is 13.0. The summed E-state index contributed by atoms with van der Waals surface area (Å²) in [6.07, 6.45) is 6.00. The topological polar surface area (TPSA) is 89.8 Å². The van der Waals surface area contributed by atoms with E-state index in [-0.39, 0.29) is 16.1 Å². The lowest BCUT2D eigenvalue weighted by Crippen LogP contribution is -2.13. The highest BCUT2D eigenvalue weighted by Crippen LogP contribution is 2.34. The first kappa shape index (κ1) is 17.2. The van der Waals surface area contributed by atoms with Crippen LogP contribution in [-0.4, -0.2) is 28.4 Å². The molecule has 136 valence electrons. The largest absolute Gasteiger partial charge is 0.268 e. The van der Waals surface area contributed by atoms with Gasteiger partial charge in [0.15, 0.2) is 0 Å². The molecule has 26 heavy (non-hydrogen) atoms. The molecule has 0 saturated heterocycles. The van der Waals surface area contributed by atoms with Gasteiger partial charge in [0.25, 0.3) is 10.0 Å². The highest BCUT2D eigenvalue weighted by molar-refractivity contribution is 7.93. The van der Waals surface area contributed by atoms with Gasteiger partial charge in [-0.05, 0) is 19.8 Å². The molecule has 3 aromatic rings. The zero-order valence-electron chi connectivity index (χ0n) is 14.3. The first-order valence-corrected chi connectivity index (χ1v) is 10.8. The van der Waals surface area contributed by atoms with Crippen LogP contribution in [0, 0.1) is 6.92 Å². The third kappa shape index (κ3) is 3.36. The van der Waals surface area contributed by atoms with E-state index in [0.717, 1.165) is 31.2 Å². The minimum atomic E-state index is -3.81. The van der Waals surface area contributed by atoms with Crippen LogP contribution in [0.15, 0.2) is 41.4 Å². The molecule has 2 heterocycles. The summed E-state index contributed by atoms with van der Waals surface area (Å²) in [7, 11) is -3.81. The van der Waals surface area contributed by atoms with Gasteiger partial charge in [-0.1, -0.05) is 54.5 Å². The van der Waals surface area contributed by atoms with Crippen molar-refractivity contribution in [1.29, 1.82) is 0 Å². The Morgan fingerprint density at radius 2 is 1.88 bits per heavy atom. The van der Waals surface area contributed by atoms with E-state index in [0.29, 0.717) is 10.7 Å². The third-order valence-electron chi connectivity index (χ3n) is 4.48. The van der Waals surface area contributed by atoms with E-state index in [1.54, 1.807) is 13.1 Å². The van der Waals surface area contributed by atoms with Gasteiger partial charge in [-0.2, -0.15) is 5.10 Å². The van der Waals surface area contributed by atoms with Gasteiger partial charge < -0.3 is 0 Å². The number of nitrogens with zero attached hydrogens (tertiary/aromatic N) is 4. The number of aromatic nitrogens is 4. The molecule has 1 aromatic carbocycles. The predicted molar refractivity (Wildman–Crippen MR) is 101 cm³/mol. The Balaban J connectivity index is 1.77. The Bertz CT molecular complexity index is 1000. The Morgan fingerprint density at radius 1 is 1.15 bits per heavy atom. The van der Waals surface area contributed by atoms with Gasteiger partial charge in [0.2, 0.25) is 5.13 Å². The van der Waals surface area contributed by atoms with Crippen LogP contribution in [0.1, 0.15) is 36.7 Å². The lowest BCUT2D eigenvalue weighted by atomic mass is 10.2. The predicted octanol–water partition coefficient (Wildman–Crippen LogP) is 3.63. The molecule has 0 spiro atoms. The molecule has 0 atom stereocenters. The lowest BCUT2D eigenvalue weighted by Gasteiger charge is -2.08. The van der Waals surface area contributed by atoms with E-state index in [9.17, 15) is 8.42 Å². The average molecular weight is 390 g/mol. The van der Waals surface area contributed by atoms with Crippen LogP contribution in [0.25, 0.3) is 11.3 Å². The molecular weight excluding hydrogens is 370 g/mol. The number of aryl methyl sites for hydroxylation is 1. The van der Waals surface area contributed by atoms with Crippen molar-refractivity contribution < 1.29 is 8.42 Å². The SMILES string of the molecule is Cc1nnc(NS(=O)(=O)c2cn(C3CCCC3)nc2-c2ccccc2)s1. The molecule has 9 heteroatoms. The Labute approximate surface area is 156 Å². The molecular formula is C17H19N5O2S2. The van der Waals surface area contributed by atoms with E-state index < -0.39 is 10.0 Å². The van der Waals surface area contributed by atoms with Crippen LogP contribution < -0.4 is 4.72 Å². The van der Waals surface area contributed by atoms with Crippen LogP contribution in [0.3, 0.4) is 0 Å². The molecule has 0 aliphatic heterocycles. The van der Waals surface area contributed by atoms with Crippen LogP contribution in [-0.2, 0) is 10.0 Å². The van der Waals surface area contributed by atoms with Crippen molar-refractivity contribution in [2.45, 2.75) is 43.5 Å². The first-order valence-electron chi connectivity index (χ1n) is 8.50. The molecule has 1 fully saturated rings. The van der Waals surface area contributed by atoms with Gasteiger partial charge in [-0.15, -0.1) is 10.2 Å². The molecule has 0 radical (unpaired) electrons. The Hall–Kier alpha value is -2.26. The second kappa shape index (κ2) is 6.81. The van der Waals surface area contributed by atoms with Gasteiger partial charge in [0.1, 0.15) is 15.6 Å². The second-order valence-corrected chi connectivity index (χ2v) is 9.19. The van der Waals surface area contributed by atoms with Gasteiger partial charge in [-0.25, -0.2) is 8.42 Å². The summed E-state index contributed by atoms with van der Waals surface area (Å²) < 4.78 is 30.4. The van der Waals surface area contributed by atoms with Gasteiger partial charge in [0, 0.05) is 11.8 Å². The number of anilines is 1. The smallest absolute Gasteiger partial charge is 0.267 e. The quantitative estimate of drug-likeness (QED) is 0.720. The highest BCUT2D eigenvalue weighted by Gasteiger charge is 2.27. The maximum Gasteiger partial charge on any atom is 0.267 e. The van der Waals surface area contributed by atoms with Crippen molar-refractivity contribution in [3.05, 3.63) is 41.5 Å². The highest BCUT2D eigenvalue weighted by atomic mass is 32.2. The van der Waals surface area contributed by atoms with E-state index in [1.807, 2.05) is 35.0 Å². The second-order valence-electron chi connectivity index (χ2n) is 6.36. The standard InChI is InChI=1S/C17H19N5O2S2/c1-12-18-19-17(25-12)21-26(23,24)15-11-22(14-9-5-6-10-14)20-16(15)13-7-3-2-4-8-13/h2-4,7-8,11,14H,5-6,9-10H2,1H3,(H,19,21). The summed E-state index contributed by atoms with van der Waals surface area (Å²) in [5.41, 5.74) is 1.24. The average Bonchev–Trinajstić information content (AvgIpc) is 3.35. The zero-order valence-corrected chi connectivity index (χ0v) is 15.9. The molecule has 1 aliphatic rings. The van der Waals surface area contributed by atoms with Crippen molar-refractivity contribution in [2.75, 3.05) is 4.72 Å². The van der Waals surface area contributed by atoms with Crippen LogP contribution >= 0.6 is 11.3 Å². The number of benzene rings is 1. The summed E-state index contributed by atoms with van der Waals surface area (Å²) in [5.74, 6) is 0. The van der Waals surface area contributed by atoms with E-state index in [4.69, 9.17) is 0 Å². The van der Waals surface area contributed by atoms with Crippen molar-refractivity contribution in [1.82, 2.24) is 20.0 Å². The summed E-state index contributed by atoms with van der Waals surface area (Å²) in [5, 5.41) is 13.3. The monoisotopic (exact) mass is 389 g/mol. The summed E-state index contributed by atoms with van der Waals surface area (Å²) in [4.78, 5) is 0.170. The lowest BCUT2D eigenvalue weighted by molar-refractivity contribution is 0.467. The van der Waals surface area contributed by atoms with Crippen LogP contribution in [0.2, 0.25) is 0 Å². The van der Waals surface area contributed by atoms with Crippen LogP contribution in [0.4, 0.5) is 5.13 Å². The number of hydrogen-bond donors (Lipinski definition) is 1. The molecule has 0 unspecified atom stereocenters. The molecule has 2 aromatic heterocycles. The van der Waals surface area contributed by atoms with Crippen LogP contribution in [0.5, 0.6) is 0 Å². The summed E-state index contributed by atoms with van der Waals surface area (Å²) >= 11 is 1.20. The number of rotatable bonds is 5. The molecule has 7 nitrogen and oxygen atoms in total. The van der Waals surface area contributed by atoms with E-state index in [1.165, 1.54) is 11.3 Å². The first-order chi connectivity index (χ1) is 12.5. The fourth-order valence-corrected chi connectivity index (χ4v) is 5.21. The van der Waals surface area contributed by atoms with Crippen molar-refractivity contribution in [3.63, 3.8) is 0 Å². The molecule has 1 aliphatic carbocycles. The normalized spacial score (nSPS) is 15.4. The fourth-order valence-electron chi connectivity index (χ4n) is 3.23. The molecule has 0 amide bonds. The summed E-state index contributed by atoms with van der Waals surface area (Å²) in [6, 6.07) is 9.65. The van der Waals surface area contributed by atoms with Crippen molar-refractivity contribution in [3.8, 4) is 11.3 Å². The number of hydrogen-bond acceptors (Lipinski definition) is 6. The van der Waals surface area contributed by atoms with Gasteiger partial charge in [0.05, 0.1) is 6.04 Å².